The molecule has 0 aromatic rings. The summed E-state index contributed by atoms with van der Waals surface area (Å²) in [6.45, 7) is 5.83. The zero-order valence-electron chi connectivity index (χ0n) is 10.2. The summed E-state index contributed by atoms with van der Waals surface area (Å²) in [6.07, 6.45) is 6.76. The average molecular weight is 222 g/mol. The molecule has 16 heavy (non-hydrogen) atoms. The minimum absolute atomic E-state index is 0.244. The fourth-order valence-electron chi connectivity index (χ4n) is 2.76. The van der Waals surface area contributed by atoms with Gasteiger partial charge in [-0.15, -0.1) is 0 Å². The Morgan fingerprint density at radius 2 is 2.12 bits per heavy atom. The Bertz CT molecular complexity index is 286. The van der Waals surface area contributed by atoms with Crippen molar-refractivity contribution in [2.75, 3.05) is 13.1 Å². The molecular weight excluding hydrogens is 200 g/mol. The SMILES string of the molecule is CC(C)NCCNC(=O)C1CC2C=CC1C2. The highest BCUT2D eigenvalue weighted by Crippen LogP contribution is 2.43. The number of nitrogens with one attached hydrogen (secondary N) is 2. The van der Waals surface area contributed by atoms with Crippen LogP contribution in [0.2, 0.25) is 0 Å². The molecule has 0 aromatic carbocycles. The highest BCUT2D eigenvalue weighted by molar-refractivity contribution is 5.79. The Hall–Kier alpha value is -0.830. The van der Waals surface area contributed by atoms with Crippen LogP contribution in [0.4, 0.5) is 0 Å². The van der Waals surface area contributed by atoms with Crippen LogP contribution in [0.1, 0.15) is 26.7 Å². The number of carbonyl (C=O) groups is 1. The molecule has 2 aliphatic rings. The lowest BCUT2D eigenvalue weighted by Gasteiger charge is -2.18. The predicted octanol–water partition coefficient (Wildman–Crippen LogP) is 1.31. The van der Waals surface area contributed by atoms with E-state index in [0.717, 1.165) is 19.5 Å². The fraction of sp³-hybridized carbons (Fsp3) is 0.769. The van der Waals surface area contributed by atoms with Crippen molar-refractivity contribution in [1.29, 1.82) is 0 Å². The van der Waals surface area contributed by atoms with Crippen molar-refractivity contribution in [1.82, 2.24) is 10.6 Å². The standard InChI is InChI=1S/C13H22N2O/c1-9(2)14-5-6-15-13(16)12-8-10-3-4-11(12)7-10/h3-4,9-12,14H,5-8H2,1-2H3,(H,15,16). The summed E-state index contributed by atoms with van der Waals surface area (Å²) in [5.41, 5.74) is 0. The molecule has 1 fully saturated rings. The van der Waals surface area contributed by atoms with Crippen LogP contribution in [-0.2, 0) is 4.79 Å². The van der Waals surface area contributed by atoms with E-state index < -0.39 is 0 Å². The first kappa shape index (κ1) is 11.6. The number of amides is 1. The summed E-state index contributed by atoms with van der Waals surface area (Å²) in [5, 5.41) is 6.33. The summed E-state index contributed by atoms with van der Waals surface area (Å²) in [6, 6.07) is 0.488. The molecule has 2 bridgehead atoms. The van der Waals surface area contributed by atoms with Gasteiger partial charge in [-0.2, -0.15) is 0 Å². The van der Waals surface area contributed by atoms with Gasteiger partial charge in [0, 0.05) is 25.0 Å². The fourth-order valence-corrected chi connectivity index (χ4v) is 2.76. The van der Waals surface area contributed by atoms with Crippen molar-refractivity contribution in [3.05, 3.63) is 12.2 Å². The minimum Gasteiger partial charge on any atom is -0.355 e. The molecule has 0 heterocycles. The van der Waals surface area contributed by atoms with Crippen molar-refractivity contribution in [2.45, 2.75) is 32.7 Å². The Morgan fingerprint density at radius 3 is 2.69 bits per heavy atom. The number of carbonyl (C=O) groups excluding carboxylic acids is 1. The molecule has 0 spiro atoms. The third kappa shape index (κ3) is 2.64. The third-order valence-corrected chi connectivity index (χ3v) is 3.59. The number of fused-ring (bicyclic) bond motifs is 2. The van der Waals surface area contributed by atoms with Gasteiger partial charge in [-0.1, -0.05) is 26.0 Å². The topological polar surface area (TPSA) is 41.1 Å². The largest absolute Gasteiger partial charge is 0.355 e. The smallest absolute Gasteiger partial charge is 0.223 e. The lowest BCUT2D eigenvalue weighted by atomic mass is 9.93. The molecular formula is C13H22N2O. The second-order valence-electron chi connectivity index (χ2n) is 5.29. The monoisotopic (exact) mass is 222 g/mol. The lowest BCUT2D eigenvalue weighted by molar-refractivity contribution is -0.125. The summed E-state index contributed by atoms with van der Waals surface area (Å²) < 4.78 is 0. The van der Waals surface area contributed by atoms with Gasteiger partial charge >= 0.3 is 0 Å². The van der Waals surface area contributed by atoms with E-state index in [4.69, 9.17) is 0 Å². The molecule has 2 N–H and O–H groups in total. The Kier molecular flexibility index (Phi) is 3.64. The van der Waals surface area contributed by atoms with E-state index in [2.05, 4.69) is 36.6 Å². The molecule has 1 saturated carbocycles. The van der Waals surface area contributed by atoms with Crippen LogP contribution in [0.3, 0.4) is 0 Å². The summed E-state index contributed by atoms with van der Waals surface area (Å²) in [7, 11) is 0. The first-order valence-electron chi connectivity index (χ1n) is 6.36. The van der Waals surface area contributed by atoms with Gasteiger partial charge in [0.1, 0.15) is 0 Å². The molecule has 0 saturated heterocycles. The van der Waals surface area contributed by atoms with Gasteiger partial charge in [-0.05, 0) is 24.7 Å². The summed E-state index contributed by atoms with van der Waals surface area (Å²) in [5.74, 6) is 1.69. The molecule has 0 aliphatic heterocycles. The maximum Gasteiger partial charge on any atom is 0.223 e. The van der Waals surface area contributed by atoms with E-state index in [-0.39, 0.29) is 11.8 Å². The van der Waals surface area contributed by atoms with Crippen LogP contribution in [0.15, 0.2) is 12.2 Å². The van der Waals surface area contributed by atoms with Gasteiger partial charge in [0.2, 0.25) is 5.91 Å². The Labute approximate surface area is 97.7 Å². The molecule has 2 aliphatic carbocycles. The van der Waals surface area contributed by atoms with Gasteiger partial charge in [0.15, 0.2) is 0 Å². The van der Waals surface area contributed by atoms with E-state index in [1.807, 2.05) is 0 Å². The summed E-state index contributed by atoms with van der Waals surface area (Å²) >= 11 is 0. The van der Waals surface area contributed by atoms with E-state index in [0.29, 0.717) is 17.9 Å². The van der Waals surface area contributed by atoms with Crippen molar-refractivity contribution in [2.24, 2.45) is 17.8 Å². The van der Waals surface area contributed by atoms with Crippen molar-refractivity contribution in [3.63, 3.8) is 0 Å². The molecule has 0 aromatic heterocycles. The van der Waals surface area contributed by atoms with Crippen LogP contribution >= 0.6 is 0 Å². The quantitative estimate of drug-likeness (QED) is 0.544. The predicted molar refractivity (Wildman–Crippen MR) is 65.0 cm³/mol. The van der Waals surface area contributed by atoms with Crippen LogP contribution in [0.25, 0.3) is 0 Å². The number of hydrogen-bond donors (Lipinski definition) is 2. The molecule has 3 nitrogen and oxygen atoms in total. The van der Waals surface area contributed by atoms with E-state index >= 15 is 0 Å². The van der Waals surface area contributed by atoms with Gasteiger partial charge in [-0.25, -0.2) is 0 Å². The molecule has 3 unspecified atom stereocenters. The van der Waals surface area contributed by atoms with Crippen molar-refractivity contribution in [3.8, 4) is 0 Å². The minimum atomic E-state index is 0.244. The molecule has 3 heteroatoms. The van der Waals surface area contributed by atoms with Crippen molar-refractivity contribution >= 4 is 5.91 Å². The lowest BCUT2D eigenvalue weighted by Crippen LogP contribution is -2.38. The van der Waals surface area contributed by atoms with E-state index in [1.165, 1.54) is 6.42 Å². The average Bonchev–Trinajstić information content (AvgIpc) is 2.85. The number of hydrogen-bond acceptors (Lipinski definition) is 2. The Balaban J connectivity index is 1.67. The third-order valence-electron chi connectivity index (χ3n) is 3.59. The summed E-state index contributed by atoms with van der Waals surface area (Å²) in [4.78, 5) is 11.9. The molecule has 90 valence electrons. The van der Waals surface area contributed by atoms with Gasteiger partial charge in [-0.3, -0.25) is 4.79 Å². The maximum absolute atomic E-state index is 11.9. The molecule has 3 atom stereocenters. The van der Waals surface area contributed by atoms with Gasteiger partial charge < -0.3 is 10.6 Å². The van der Waals surface area contributed by atoms with Crippen LogP contribution in [-0.4, -0.2) is 25.0 Å². The maximum atomic E-state index is 11.9. The van der Waals surface area contributed by atoms with Crippen LogP contribution in [0, 0.1) is 17.8 Å². The second kappa shape index (κ2) is 5.00. The highest BCUT2D eigenvalue weighted by atomic mass is 16.1. The zero-order chi connectivity index (χ0) is 11.5. The van der Waals surface area contributed by atoms with Crippen molar-refractivity contribution < 1.29 is 4.79 Å². The van der Waals surface area contributed by atoms with Gasteiger partial charge in [0.05, 0.1) is 0 Å². The van der Waals surface area contributed by atoms with Gasteiger partial charge in [0.25, 0.3) is 0 Å². The van der Waals surface area contributed by atoms with Crippen LogP contribution in [0.5, 0.6) is 0 Å². The second-order valence-corrected chi connectivity index (χ2v) is 5.29. The molecule has 2 rings (SSSR count). The molecule has 0 radical (unpaired) electrons. The zero-order valence-corrected chi connectivity index (χ0v) is 10.2. The van der Waals surface area contributed by atoms with E-state index in [9.17, 15) is 4.79 Å². The molecule has 1 amide bonds. The van der Waals surface area contributed by atoms with E-state index in [1.54, 1.807) is 0 Å². The highest BCUT2D eigenvalue weighted by Gasteiger charge is 2.39. The number of allylic oxidation sites excluding steroid dienone is 2. The normalized spacial score (nSPS) is 31.3. The Morgan fingerprint density at radius 1 is 1.31 bits per heavy atom. The first-order valence-corrected chi connectivity index (χ1v) is 6.36. The number of rotatable bonds is 5. The van der Waals surface area contributed by atoms with Crippen LogP contribution < -0.4 is 10.6 Å². The first-order chi connectivity index (χ1) is 7.66.